The van der Waals surface area contributed by atoms with Crippen LogP contribution in [0.3, 0.4) is 0 Å². The monoisotopic (exact) mass is 215 g/mol. The van der Waals surface area contributed by atoms with E-state index in [0.717, 1.165) is 10.4 Å². The molecule has 81 valence electrons. The lowest BCUT2D eigenvalue weighted by molar-refractivity contribution is -0.0757. The second-order valence-electron chi connectivity index (χ2n) is 3.30. The Kier molecular flexibility index (Phi) is 2.83. The molecule has 1 radical (unpaired) electrons. The Labute approximate surface area is 93.4 Å². The zero-order valence-electron chi connectivity index (χ0n) is 9.10. The number of aromatic nitrogens is 1. The van der Waals surface area contributed by atoms with Gasteiger partial charge in [0.25, 0.3) is 5.91 Å². The summed E-state index contributed by atoms with van der Waals surface area (Å²) in [4.78, 5) is 20.7. The number of fused-ring (bicyclic) bond motifs is 1. The molecule has 2 aromatic rings. The summed E-state index contributed by atoms with van der Waals surface area (Å²) in [7, 11) is 3.00. The number of hydrogen-bond acceptors (Lipinski definition) is 3. The Bertz CT molecular complexity index is 525. The highest BCUT2D eigenvalue weighted by atomic mass is 16.7. The van der Waals surface area contributed by atoms with Crippen LogP contribution < -0.4 is 0 Å². The Morgan fingerprint density at radius 3 is 3.00 bits per heavy atom. The smallest absolute Gasteiger partial charge is 0.274 e. The van der Waals surface area contributed by atoms with Gasteiger partial charge in [0.2, 0.25) is 0 Å². The number of carbonyl (C=O) groups is 1. The Balaban J connectivity index is 2.43. The molecule has 0 spiro atoms. The van der Waals surface area contributed by atoms with Gasteiger partial charge in [-0.1, -0.05) is 12.1 Å². The van der Waals surface area contributed by atoms with E-state index in [2.05, 4.69) is 11.1 Å². The number of hydroxylamine groups is 2. The first-order chi connectivity index (χ1) is 7.72. The van der Waals surface area contributed by atoms with Gasteiger partial charge in [-0.15, -0.1) is 0 Å². The lowest BCUT2D eigenvalue weighted by Crippen LogP contribution is -2.25. The molecule has 1 aromatic heterocycles. The van der Waals surface area contributed by atoms with Crippen LogP contribution in [-0.4, -0.2) is 30.1 Å². The van der Waals surface area contributed by atoms with E-state index in [1.807, 2.05) is 18.2 Å². The Hall–Kier alpha value is -1.94. The maximum atomic E-state index is 11.8. The molecular weight excluding hydrogens is 204 g/mol. The minimum absolute atomic E-state index is 0.241. The van der Waals surface area contributed by atoms with Gasteiger partial charge in [-0.3, -0.25) is 14.6 Å². The van der Waals surface area contributed by atoms with E-state index in [9.17, 15) is 4.79 Å². The second-order valence-corrected chi connectivity index (χ2v) is 3.30. The number of carbonyl (C=O) groups excluding carboxylic acids is 1. The molecule has 0 saturated carbocycles. The average molecular weight is 215 g/mol. The fourth-order valence-electron chi connectivity index (χ4n) is 1.38. The van der Waals surface area contributed by atoms with Crippen molar-refractivity contribution in [1.29, 1.82) is 0 Å². The Morgan fingerprint density at radius 1 is 1.44 bits per heavy atom. The summed E-state index contributed by atoms with van der Waals surface area (Å²) in [6, 6.07) is 10.3. The fourth-order valence-corrected chi connectivity index (χ4v) is 1.38. The molecule has 0 N–H and O–H groups in total. The zero-order valence-corrected chi connectivity index (χ0v) is 9.10. The van der Waals surface area contributed by atoms with Crippen molar-refractivity contribution in [1.82, 2.24) is 10.0 Å². The molecule has 0 unspecified atom stereocenters. The molecule has 0 bridgehead atoms. The van der Waals surface area contributed by atoms with Crippen molar-refractivity contribution in [2.45, 2.75) is 0 Å². The number of rotatable bonds is 2. The lowest BCUT2D eigenvalue weighted by Gasteiger charge is -2.13. The van der Waals surface area contributed by atoms with Crippen molar-refractivity contribution in [3.63, 3.8) is 0 Å². The predicted octanol–water partition coefficient (Wildman–Crippen LogP) is 1.67. The first kappa shape index (κ1) is 10.6. The number of amides is 1. The summed E-state index contributed by atoms with van der Waals surface area (Å²) in [6.07, 6.45) is 1.67. The summed E-state index contributed by atoms with van der Waals surface area (Å²) in [6.45, 7) is 0. The van der Waals surface area contributed by atoms with Crippen LogP contribution >= 0.6 is 0 Å². The topological polar surface area (TPSA) is 42.4 Å². The van der Waals surface area contributed by atoms with Crippen molar-refractivity contribution in [2.24, 2.45) is 0 Å². The van der Waals surface area contributed by atoms with Crippen LogP contribution in [0.5, 0.6) is 0 Å². The molecule has 2 rings (SSSR count). The quantitative estimate of drug-likeness (QED) is 0.715. The van der Waals surface area contributed by atoms with E-state index in [0.29, 0.717) is 11.1 Å². The molecule has 0 saturated heterocycles. The van der Waals surface area contributed by atoms with E-state index in [-0.39, 0.29) is 5.91 Å². The van der Waals surface area contributed by atoms with Crippen LogP contribution in [-0.2, 0) is 4.84 Å². The third-order valence-electron chi connectivity index (χ3n) is 2.31. The highest BCUT2D eigenvalue weighted by Crippen LogP contribution is 2.13. The molecule has 4 nitrogen and oxygen atoms in total. The van der Waals surface area contributed by atoms with E-state index >= 15 is 0 Å². The van der Waals surface area contributed by atoms with Crippen LogP contribution in [0.15, 0.2) is 30.5 Å². The molecule has 1 heterocycles. The minimum atomic E-state index is -0.241. The van der Waals surface area contributed by atoms with Gasteiger partial charge in [-0.2, -0.15) is 0 Å². The summed E-state index contributed by atoms with van der Waals surface area (Å²) >= 11 is 0. The first-order valence-electron chi connectivity index (χ1n) is 4.81. The summed E-state index contributed by atoms with van der Waals surface area (Å²) < 4.78 is 0. The third-order valence-corrected chi connectivity index (χ3v) is 2.31. The first-order valence-corrected chi connectivity index (χ1v) is 4.81. The summed E-state index contributed by atoms with van der Waals surface area (Å²) in [5.41, 5.74) is 1.12. The molecule has 4 heteroatoms. The van der Waals surface area contributed by atoms with Crippen molar-refractivity contribution < 1.29 is 9.63 Å². The van der Waals surface area contributed by atoms with Crippen LogP contribution in [0.1, 0.15) is 10.4 Å². The van der Waals surface area contributed by atoms with Gasteiger partial charge in [0, 0.05) is 24.7 Å². The predicted molar refractivity (Wildman–Crippen MR) is 59.7 cm³/mol. The fraction of sp³-hybridized carbons (Fsp3) is 0.167. The maximum absolute atomic E-state index is 11.8. The molecule has 0 atom stereocenters. The highest BCUT2D eigenvalue weighted by molar-refractivity contribution is 5.96. The van der Waals surface area contributed by atoms with E-state index in [1.165, 1.54) is 7.11 Å². The molecule has 1 aromatic carbocycles. The third kappa shape index (κ3) is 1.87. The average Bonchev–Trinajstić information content (AvgIpc) is 2.36. The van der Waals surface area contributed by atoms with Crippen molar-refractivity contribution >= 4 is 16.8 Å². The van der Waals surface area contributed by atoms with Crippen LogP contribution in [0, 0.1) is 6.07 Å². The summed E-state index contributed by atoms with van der Waals surface area (Å²) in [5.74, 6) is -0.241. The van der Waals surface area contributed by atoms with Gasteiger partial charge in [0.1, 0.15) is 0 Å². The standard InChI is InChI=1S/C12H11N2O2/c1-14(16-2)12(15)10-6-5-9-4-3-7-13-11(9)8-10/h3-7H,1-2H3. The zero-order chi connectivity index (χ0) is 11.5. The second kappa shape index (κ2) is 4.28. The van der Waals surface area contributed by atoms with Gasteiger partial charge < -0.3 is 0 Å². The van der Waals surface area contributed by atoms with Crippen LogP contribution in [0.25, 0.3) is 10.9 Å². The van der Waals surface area contributed by atoms with Crippen LogP contribution in [0.2, 0.25) is 0 Å². The molecule has 0 aliphatic rings. The van der Waals surface area contributed by atoms with E-state index in [1.54, 1.807) is 19.3 Å². The maximum Gasteiger partial charge on any atom is 0.277 e. The van der Waals surface area contributed by atoms with Gasteiger partial charge in [0.05, 0.1) is 18.2 Å². The van der Waals surface area contributed by atoms with Crippen molar-refractivity contribution in [3.05, 3.63) is 42.1 Å². The van der Waals surface area contributed by atoms with Crippen LogP contribution in [0.4, 0.5) is 0 Å². The number of benzene rings is 1. The van der Waals surface area contributed by atoms with Gasteiger partial charge in [-0.05, 0) is 12.1 Å². The SMILES string of the molecule is CON(C)C(=O)c1[c]c2ncccc2cc1. The molecular formula is C12H11N2O2. The molecule has 16 heavy (non-hydrogen) atoms. The minimum Gasteiger partial charge on any atom is -0.274 e. The molecule has 0 aliphatic heterocycles. The van der Waals surface area contributed by atoms with Gasteiger partial charge >= 0.3 is 0 Å². The van der Waals surface area contributed by atoms with Gasteiger partial charge in [0.15, 0.2) is 0 Å². The van der Waals surface area contributed by atoms with E-state index in [4.69, 9.17) is 4.84 Å². The van der Waals surface area contributed by atoms with Gasteiger partial charge in [-0.25, -0.2) is 5.06 Å². The number of hydrogen-bond donors (Lipinski definition) is 0. The Morgan fingerprint density at radius 2 is 2.25 bits per heavy atom. The molecule has 0 aliphatic carbocycles. The van der Waals surface area contributed by atoms with Crippen molar-refractivity contribution in [3.8, 4) is 0 Å². The van der Waals surface area contributed by atoms with Crippen molar-refractivity contribution in [2.75, 3.05) is 14.2 Å². The number of pyridine rings is 1. The summed E-state index contributed by atoms with van der Waals surface area (Å²) in [5, 5.41) is 2.11. The van der Waals surface area contributed by atoms with E-state index < -0.39 is 0 Å². The number of nitrogens with zero attached hydrogens (tertiary/aromatic N) is 2. The lowest BCUT2D eigenvalue weighted by atomic mass is 10.1. The molecule has 1 amide bonds. The largest absolute Gasteiger partial charge is 0.277 e. The normalized spacial score (nSPS) is 10.4. The molecule has 0 fully saturated rings. The highest BCUT2D eigenvalue weighted by Gasteiger charge is 2.11.